The second-order valence-corrected chi connectivity index (χ2v) is 6.98. The van der Waals surface area contributed by atoms with Crippen molar-refractivity contribution in [2.45, 2.75) is 32.7 Å². The summed E-state index contributed by atoms with van der Waals surface area (Å²) in [5.74, 6) is 1.25. The zero-order valence-corrected chi connectivity index (χ0v) is 13.2. The fraction of sp³-hybridized carbons (Fsp3) is 0.800. The third-order valence-electron chi connectivity index (χ3n) is 5.12. The molecule has 3 aliphatic rings. The van der Waals surface area contributed by atoms with Gasteiger partial charge >= 0.3 is 5.97 Å². The van der Waals surface area contributed by atoms with Crippen molar-refractivity contribution in [2.24, 2.45) is 23.7 Å². The molecule has 0 N–H and O–H groups in total. The first-order valence-corrected chi connectivity index (χ1v) is 8.20. The van der Waals surface area contributed by atoms with E-state index in [4.69, 9.17) is 4.74 Å². The first-order chi connectivity index (χ1) is 9.13. The summed E-state index contributed by atoms with van der Waals surface area (Å²) >= 11 is 3.66. The Bertz CT molecular complexity index is 409. The summed E-state index contributed by atoms with van der Waals surface area (Å²) in [6.45, 7) is 6.84. The topological polar surface area (TPSA) is 29.5 Å². The quantitative estimate of drug-likeness (QED) is 0.730. The summed E-state index contributed by atoms with van der Waals surface area (Å²) in [6, 6.07) is 0.596. The van der Waals surface area contributed by atoms with Crippen molar-refractivity contribution in [3.63, 3.8) is 0 Å². The maximum absolute atomic E-state index is 12.4. The van der Waals surface area contributed by atoms with E-state index in [-0.39, 0.29) is 17.8 Å². The lowest BCUT2D eigenvalue weighted by molar-refractivity contribution is -0.152. The maximum atomic E-state index is 12.4. The fourth-order valence-electron chi connectivity index (χ4n) is 4.32. The molecule has 2 heterocycles. The Labute approximate surface area is 123 Å². The molecule has 2 saturated heterocycles. The van der Waals surface area contributed by atoms with Gasteiger partial charge in [0.05, 0.1) is 12.5 Å². The molecule has 19 heavy (non-hydrogen) atoms. The lowest BCUT2D eigenvalue weighted by Gasteiger charge is -2.37. The number of ether oxygens (including phenoxy) is 1. The summed E-state index contributed by atoms with van der Waals surface area (Å²) in [6.07, 6.45) is 4.88. The van der Waals surface area contributed by atoms with Crippen molar-refractivity contribution >= 4 is 21.9 Å². The van der Waals surface area contributed by atoms with Gasteiger partial charge in [0, 0.05) is 18.5 Å². The van der Waals surface area contributed by atoms with Gasteiger partial charge in [-0.25, -0.2) is 0 Å². The van der Waals surface area contributed by atoms with Gasteiger partial charge in [0.25, 0.3) is 0 Å². The van der Waals surface area contributed by atoms with E-state index in [1.807, 2.05) is 6.92 Å². The van der Waals surface area contributed by atoms with E-state index in [9.17, 15) is 4.79 Å². The summed E-state index contributed by atoms with van der Waals surface area (Å²) < 4.78 is 6.54. The number of fused-ring (bicyclic) bond motifs is 3. The standard InChI is InChI=1S/C15H22BrNO2/c1-3-19-15(18)13-9(2)11(16)7-10-8-17-6-4-5-12(17)14(10)13/h7,9-10,12-14H,3-6,8H2,1-2H3/t9-,10-,12-,13-,14+/m0/s1. The third kappa shape index (κ3) is 2.17. The first-order valence-electron chi connectivity index (χ1n) is 7.41. The number of hydrogen-bond acceptors (Lipinski definition) is 3. The van der Waals surface area contributed by atoms with Gasteiger partial charge in [-0.2, -0.15) is 0 Å². The van der Waals surface area contributed by atoms with Crippen LogP contribution in [-0.4, -0.2) is 36.6 Å². The Balaban J connectivity index is 1.91. The zero-order chi connectivity index (χ0) is 13.6. The van der Waals surface area contributed by atoms with Gasteiger partial charge in [0.1, 0.15) is 0 Å². The average Bonchev–Trinajstić information content (AvgIpc) is 2.92. The van der Waals surface area contributed by atoms with Crippen molar-refractivity contribution in [1.29, 1.82) is 0 Å². The van der Waals surface area contributed by atoms with E-state index < -0.39 is 0 Å². The molecule has 3 rings (SSSR count). The van der Waals surface area contributed by atoms with Gasteiger partial charge in [0.2, 0.25) is 0 Å². The van der Waals surface area contributed by atoms with Crippen LogP contribution in [0.5, 0.6) is 0 Å². The van der Waals surface area contributed by atoms with Gasteiger partial charge in [-0.1, -0.05) is 28.9 Å². The molecule has 2 fully saturated rings. The molecule has 0 spiro atoms. The Hall–Kier alpha value is -0.350. The Morgan fingerprint density at radius 3 is 3.11 bits per heavy atom. The Morgan fingerprint density at radius 1 is 1.58 bits per heavy atom. The SMILES string of the molecule is CCOC(=O)[C@@H]1[C@@H]2[C@@H](C=C(Br)[C@@H]1C)CN1CCC[C@@H]21. The summed E-state index contributed by atoms with van der Waals surface area (Å²) in [5, 5.41) is 0. The van der Waals surface area contributed by atoms with E-state index in [1.54, 1.807) is 0 Å². The van der Waals surface area contributed by atoms with Crippen LogP contribution in [0.25, 0.3) is 0 Å². The average molecular weight is 328 g/mol. The predicted octanol–water partition coefficient (Wildman–Crippen LogP) is 2.80. The van der Waals surface area contributed by atoms with Crippen molar-refractivity contribution in [2.75, 3.05) is 19.7 Å². The summed E-state index contributed by atoms with van der Waals surface area (Å²) in [5.41, 5.74) is 0. The predicted molar refractivity (Wildman–Crippen MR) is 77.9 cm³/mol. The molecule has 0 aromatic carbocycles. The largest absolute Gasteiger partial charge is 0.466 e. The smallest absolute Gasteiger partial charge is 0.309 e. The highest BCUT2D eigenvalue weighted by atomic mass is 79.9. The van der Waals surface area contributed by atoms with Crippen LogP contribution in [0.4, 0.5) is 0 Å². The minimum Gasteiger partial charge on any atom is -0.466 e. The number of carbonyl (C=O) groups is 1. The number of allylic oxidation sites excluding steroid dienone is 1. The van der Waals surface area contributed by atoms with Crippen molar-refractivity contribution in [1.82, 2.24) is 4.90 Å². The van der Waals surface area contributed by atoms with Gasteiger partial charge in [-0.3, -0.25) is 9.69 Å². The highest BCUT2D eigenvalue weighted by Crippen LogP contribution is 2.50. The van der Waals surface area contributed by atoms with E-state index in [1.165, 1.54) is 23.9 Å². The fourth-order valence-corrected chi connectivity index (χ4v) is 4.95. The molecule has 0 saturated carbocycles. The van der Waals surface area contributed by atoms with Crippen LogP contribution in [0.3, 0.4) is 0 Å². The third-order valence-corrected chi connectivity index (χ3v) is 6.11. The molecule has 0 aromatic heterocycles. The maximum Gasteiger partial charge on any atom is 0.309 e. The highest BCUT2D eigenvalue weighted by Gasteiger charge is 2.52. The number of carbonyl (C=O) groups excluding carboxylic acids is 1. The summed E-state index contributed by atoms with van der Waals surface area (Å²) in [7, 11) is 0. The van der Waals surface area contributed by atoms with E-state index in [0.29, 0.717) is 24.5 Å². The first kappa shape index (κ1) is 13.6. The molecule has 2 aliphatic heterocycles. The molecule has 0 amide bonds. The molecule has 0 aromatic rings. The van der Waals surface area contributed by atoms with Crippen molar-refractivity contribution < 1.29 is 9.53 Å². The molecule has 5 atom stereocenters. The van der Waals surface area contributed by atoms with Crippen LogP contribution in [0.2, 0.25) is 0 Å². The molecule has 4 heteroatoms. The molecular weight excluding hydrogens is 306 g/mol. The van der Waals surface area contributed by atoms with Crippen molar-refractivity contribution in [3.8, 4) is 0 Å². The highest BCUT2D eigenvalue weighted by molar-refractivity contribution is 9.11. The Kier molecular flexibility index (Phi) is 3.73. The lowest BCUT2D eigenvalue weighted by atomic mass is 9.69. The van der Waals surface area contributed by atoms with Crippen LogP contribution in [0.1, 0.15) is 26.7 Å². The van der Waals surface area contributed by atoms with Gasteiger partial charge in [0.15, 0.2) is 0 Å². The number of hydrogen-bond donors (Lipinski definition) is 0. The molecule has 0 bridgehead atoms. The molecule has 106 valence electrons. The molecule has 0 radical (unpaired) electrons. The van der Waals surface area contributed by atoms with E-state index in [0.717, 1.165) is 6.54 Å². The van der Waals surface area contributed by atoms with Gasteiger partial charge in [-0.15, -0.1) is 0 Å². The van der Waals surface area contributed by atoms with E-state index >= 15 is 0 Å². The van der Waals surface area contributed by atoms with Gasteiger partial charge < -0.3 is 4.74 Å². The molecule has 3 nitrogen and oxygen atoms in total. The van der Waals surface area contributed by atoms with E-state index in [2.05, 4.69) is 33.8 Å². The summed E-state index contributed by atoms with van der Waals surface area (Å²) in [4.78, 5) is 15.0. The second kappa shape index (κ2) is 5.21. The van der Waals surface area contributed by atoms with Gasteiger partial charge in [-0.05, 0) is 42.6 Å². The minimum absolute atomic E-state index is 0.00352. The van der Waals surface area contributed by atoms with Crippen LogP contribution in [0, 0.1) is 23.7 Å². The van der Waals surface area contributed by atoms with Crippen LogP contribution >= 0.6 is 15.9 Å². The molecule has 1 aliphatic carbocycles. The van der Waals surface area contributed by atoms with Crippen LogP contribution in [-0.2, 0) is 9.53 Å². The van der Waals surface area contributed by atoms with Crippen LogP contribution in [0.15, 0.2) is 10.6 Å². The normalized spacial score (nSPS) is 41.6. The number of halogens is 1. The number of rotatable bonds is 2. The molecular formula is C15H22BrNO2. The zero-order valence-electron chi connectivity index (χ0n) is 11.6. The minimum atomic E-state index is 0.00352. The Morgan fingerprint density at radius 2 is 2.37 bits per heavy atom. The second-order valence-electron chi connectivity index (χ2n) is 6.06. The lowest BCUT2D eigenvalue weighted by Crippen LogP contribution is -2.41. The molecule has 0 unspecified atom stereocenters. The number of nitrogens with zero attached hydrogens (tertiary/aromatic N) is 1. The monoisotopic (exact) mass is 327 g/mol. The number of esters is 1. The van der Waals surface area contributed by atoms with Crippen LogP contribution < -0.4 is 0 Å². The van der Waals surface area contributed by atoms with Crippen molar-refractivity contribution in [3.05, 3.63) is 10.6 Å².